The topological polar surface area (TPSA) is 15.3 Å². The third-order valence-corrected chi connectivity index (χ3v) is 4.57. The minimum Gasteiger partial charge on any atom is -0.316 e. The molecule has 0 bridgehead atoms. The van der Waals surface area contributed by atoms with Crippen LogP contribution in [0.15, 0.2) is 0 Å². The molecule has 0 amide bonds. The first-order valence-electron chi connectivity index (χ1n) is 7.22. The number of piperidine rings is 1. The molecule has 0 radical (unpaired) electrons. The fourth-order valence-corrected chi connectivity index (χ4v) is 3.14. The second kappa shape index (κ2) is 6.02. The van der Waals surface area contributed by atoms with Gasteiger partial charge in [-0.25, -0.2) is 0 Å². The van der Waals surface area contributed by atoms with Crippen LogP contribution in [0, 0.1) is 17.8 Å². The maximum absolute atomic E-state index is 3.38. The summed E-state index contributed by atoms with van der Waals surface area (Å²) < 4.78 is 0. The van der Waals surface area contributed by atoms with Gasteiger partial charge in [-0.15, -0.1) is 0 Å². The zero-order chi connectivity index (χ0) is 11.4. The highest BCUT2D eigenvalue weighted by atomic mass is 15.1. The van der Waals surface area contributed by atoms with Crippen molar-refractivity contribution < 1.29 is 0 Å². The Morgan fingerprint density at radius 1 is 1.25 bits per heavy atom. The lowest BCUT2D eigenvalue weighted by Crippen LogP contribution is -2.49. The summed E-state index contributed by atoms with van der Waals surface area (Å²) in [6, 6.07) is 0. The first kappa shape index (κ1) is 12.4. The van der Waals surface area contributed by atoms with Gasteiger partial charge in [0.05, 0.1) is 0 Å². The molecule has 2 rings (SSSR count). The van der Waals surface area contributed by atoms with Gasteiger partial charge in [0, 0.05) is 6.54 Å². The monoisotopic (exact) mass is 224 g/mol. The van der Waals surface area contributed by atoms with Crippen LogP contribution in [0.4, 0.5) is 0 Å². The average Bonchev–Trinajstić information content (AvgIpc) is 2.18. The third-order valence-electron chi connectivity index (χ3n) is 4.57. The lowest BCUT2D eigenvalue weighted by molar-refractivity contribution is 0.125. The highest BCUT2D eigenvalue weighted by Crippen LogP contribution is 2.24. The number of nitrogens with one attached hydrogen (secondary N) is 1. The van der Waals surface area contributed by atoms with E-state index < -0.39 is 0 Å². The summed E-state index contributed by atoms with van der Waals surface area (Å²) in [6.07, 6.45) is 5.72. The molecule has 94 valence electrons. The second-order valence-electron chi connectivity index (χ2n) is 5.93. The van der Waals surface area contributed by atoms with Gasteiger partial charge >= 0.3 is 0 Å². The van der Waals surface area contributed by atoms with Crippen LogP contribution in [0.25, 0.3) is 0 Å². The van der Waals surface area contributed by atoms with Crippen LogP contribution >= 0.6 is 0 Å². The molecule has 2 heteroatoms. The lowest BCUT2D eigenvalue weighted by atomic mass is 9.87. The Labute approximate surface area is 101 Å². The van der Waals surface area contributed by atoms with Crippen LogP contribution in [-0.4, -0.2) is 37.6 Å². The fourth-order valence-electron chi connectivity index (χ4n) is 3.14. The van der Waals surface area contributed by atoms with E-state index in [0.29, 0.717) is 0 Å². The van der Waals surface area contributed by atoms with E-state index in [1.54, 1.807) is 0 Å². The van der Waals surface area contributed by atoms with Crippen LogP contribution in [0.2, 0.25) is 0 Å². The molecule has 1 unspecified atom stereocenters. The van der Waals surface area contributed by atoms with E-state index >= 15 is 0 Å². The van der Waals surface area contributed by atoms with Crippen LogP contribution < -0.4 is 5.32 Å². The van der Waals surface area contributed by atoms with Crippen molar-refractivity contribution in [1.29, 1.82) is 0 Å². The molecule has 16 heavy (non-hydrogen) atoms. The molecule has 0 aromatic carbocycles. The van der Waals surface area contributed by atoms with Crippen molar-refractivity contribution in [3.05, 3.63) is 0 Å². The predicted octanol–water partition coefficient (Wildman–Crippen LogP) is 2.35. The first-order chi connectivity index (χ1) is 7.79. The Morgan fingerprint density at radius 3 is 2.44 bits per heavy atom. The van der Waals surface area contributed by atoms with Crippen molar-refractivity contribution >= 4 is 0 Å². The van der Waals surface area contributed by atoms with Crippen molar-refractivity contribution in [3.8, 4) is 0 Å². The highest BCUT2D eigenvalue weighted by Gasteiger charge is 2.26. The van der Waals surface area contributed by atoms with Gasteiger partial charge in [-0.05, 0) is 56.8 Å². The molecule has 0 aromatic heterocycles. The van der Waals surface area contributed by atoms with Gasteiger partial charge < -0.3 is 10.2 Å². The molecule has 2 nitrogen and oxygen atoms in total. The maximum Gasteiger partial charge on any atom is 0.00106 e. The van der Waals surface area contributed by atoms with Crippen LogP contribution in [0.5, 0.6) is 0 Å². The average molecular weight is 224 g/mol. The quantitative estimate of drug-likeness (QED) is 0.771. The van der Waals surface area contributed by atoms with Crippen molar-refractivity contribution in [1.82, 2.24) is 10.2 Å². The Hall–Kier alpha value is -0.0800. The molecule has 0 aromatic rings. The van der Waals surface area contributed by atoms with Gasteiger partial charge in [0.2, 0.25) is 0 Å². The molecule has 2 fully saturated rings. The van der Waals surface area contributed by atoms with Gasteiger partial charge in [-0.2, -0.15) is 0 Å². The molecule has 1 N–H and O–H groups in total. The van der Waals surface area contributed by atoms with E-state index in [2.05, 4.69) is 24.1 Å². The number of hydrogen-bond acceptors (Lipinski definition) is 2. The molecule has 0 spiro atoms. The van der Waals surface area contributed by atoms with Crippen molar-refractivity contribution in [3.63, 3.8) is 0 Å². The smallest absolute Gasteiger partial charge is 0.00106 e. The zero-order valence-corrected chi connectivity index (χ0v) is 11.0. The summed E-state index contributed by atoms with van der Waals surface area (Å²) >= 11 is 0. The van der Waals surface area contributed by atoms with E-state index in [9.17, 15) is 0 Å². The minimum atomic E-state index is 0.893. The summed E-state index contributed by atoms with van der Waals surface area (Å²) in [5, 5.41) is 3.38. The summed E-state index contributed by atoms with van der Waals surface area (Å²) in [6.45, 7) is 11.3. The van der Waals surface area contributed by atoms with Crippen LogP contribution in [0.1, 0.15) is 39.5 Å². The third kappa shape index (κ3) is 3.21. The Bertz CT molecular complexity index is 193. The molecule has 2 heterocycles. The summed E-state index contributed by atoms with van der Waals surface area (Å²) in [5.41, 5.74) is 0. The van der Waals surface area contributed by atoms with E-state index in [-0.39, 0.29) is 0 Å². The Morgan fingerprint density at radius 2 is 1.94 bits per heavy atom. The van der Waals surface area contributed by atoms with Crippen molar-refractivity contribution in [2.45, 2.75) is 39.5 Å². The molecule has 2 saturated heterocycles. The Kier molecular flexibility index (Phi) is 4.66. The number of likely N-dealkylation sites (tertiary alicyclic amines) is 1. The summed E-state index contributed by atoms with van der Waals surface area (Å²) in [7, 11) is 0. The van der Waals surface area contributed by atoms with Gasteiger partial charge in [-0.1, -0.05) is 26.7 Å². The molecule has 2 aliphatic rings. The molecular weight excluding hydrogens is 196 g/mol. The van der Waals surface area contributed by atoms with Crippen molar-refractivity contribution in [2.75, 3.05) is 32.7 Å². The van der Waals surface area contributed by atoms with Crippen LogP contribution in [0.3, 0.4) is 0 Å². The van der Waals surface area contributed by atoms with E-state index in [0.717, 1.165) is 17.8 Å². The largest absolute Gasteiger partial charge is 0.316 e. The highest BCUT2D eigenvalue weighted by molar-refractivity contribution is 4.82. The maximum atomic E-state index is 3.38. The van der Waals surface area contributed by atoms with Gasteiger partial charge in [0.25, 0.3) is 0 Å². The van der Waals surface area contributed by atoms with Gasteiger partial charge in [-0.3, -0.25) is 0 Å². The van der Waals surface area contributed by atoms with Gasteiger partial charge in [0.15, 0.2) is 0 Å². The predicted molar refractivity (Wildman–Crippen MR) is 69.6 cm³/mol. The molecule has 2 aliphatic heterocycles. The lowest BCUT2D eigenvalue weighted by Gasteiger charge is -2.38. The van der Waals surface area contributed by atoms with Gasteiger partial charge in [0.1, 0.15) is 0 Å². The second-order valence-corrected chi connectivity index (χ2v) is 5.93. The zero-order valence-electron chi connectivity index (χ0n) is 11.0. The fraction of sp³-hybridized carbons (Fsp3) is 1.00. The number of hydrogen-bond donors (Lipinski definition) is 1. The standard InChI is InChI=1S/C14H28N2/c1-3-4-13-5-7-16(8-6-13)11-12(2)14-9-15-10-14/h12-15H,3-11H2,1-2H3. The summed E-state index contributed by atoms with van der Waals surface area (Å²) in [5.74, 6) is 2.87. The van der Waals surface area contributed by atoms with E-state index in [4.69, 9.17) is 0 Å². The molecule has 1 atom stereocenters. The van der Waals surface area contributed by atoms with Crippen molar-refractivity contribution in [2.24, 2.45) is 17.8 Å². The van der Waals surface area contributed by atoms with E-state index in [1.807, 2.05) is 0 Å². The SMILES string of the molecule is CCCC1CCN(CC(C)C2CNC2)CC1. The molecule has 0 saturated carbocycles. The number of nitrogens with zero attached hydrogens (tertiary/aromatic N) is 1. The normalized spacial score (nSPS) is 26.6. The minimum absolute atomic E-state index is 0.893. The molecule has 0 aliphatic carbocycles. The number of rotatable bonds is 5. The summed E-state index contributed by atoms with van der Waals surface area (Å²) in [4.78, 5) is 2.70. The van der Waals surface area contributed by atoms with Crippen LogP contribution in [-0.2, 0) is 0 Å². The molecular formula is C14H28N2. The van der Waals surface area contributed by atoms with E-state index in [1.165, 1.54) is 58.4 Å². The Balaban J connectivity index is 1.64. The first-order valence-corrected chi connectivity index (χ1v) is 7.22.